The Morgan fingerprint density at radius 3 is 2.83 bits per heavy atom. The molecule has 0 atom stereocenters. The first-order valence-electron chi connectivity index (χ1n) is 9.11. The molecule has 5 nitrogen and oxygen atoms in total. The van der Waals surface area contributed by atoms with E-state index in [9.17, 15) is 4.39 Å². The van der Waals surface area contributed by atoms with Crippen LogP contribution >= 0.6 is 11.8 Å². The van der Waals surface area contributed by atoms with Crippen LogP contribution in [0.3, 0.4) is 0 Å². The molecular formula is C22H16FN5S. The molecule has 0 bridgehead atoms. The lowest BCUT2D eigenvalue weighted by atomic mass is 10.0. The van der Waals surface area contributed by atoms with Crippen molar-refractivity contribution >= 4 is 33.8 Å². The van der Waals surface area contributed by atoms with Crippen LogP contribution in [-0.2, 0) is 5.75 Å². The minimum Gasteiger partial charge on any atom is -0.341 e. The van der Waals surface area contributed by atoms with Crippen LogP contribution in [0.1, 0.15) is 11.1 Å². The van der Waals surface area contributed by atoms with Gasteiger partial charge in [0, 0.05) is 22.8 Å². The highest BCUT2D eigenvalue weighted by Crippen LogP contribution is 2.33. The number of nitrogens with one attached hydrogen (secondary N) is 1. The summed E-state index contributed by atoms with van der Waals surface area (Å²) in [6.07, 6.45) is 3.14. The predicted molar refractivity (Wildman–Crippen MR) is 113 cm³/mol. The molecule has 3 heterocycles. The van der Waals surface area contributed by atoms with Crippen LogP contribution in [0.25, 0.3) is 33.3 Å². The highest BCUT2D eigenvalue weighted by atomic mass is 32.2. The summed E-state index contributed by atoms with van der Waals surface area (Å²) in [5, 5.41) is 1.75. The highest BCUT2D eigenvalue weighted by Gasteiger charge is 2.14. The lowest BCUT2D eigenvalue weighted by molar-refractivity contribution is 0.629. The van der Waals surface area contributed by atoms with Gasteiger partial charge in [0.2, 0.25) is 0 Å². The van der Waals surface area contributed by atoms with Crippen molar-refractivity contribution in [2.75, 3.05) is 0 Å². The molecule has 0 fully saturated rings. The number of hydrogen-bond donors (Lipinski definition) is 1. The number of aromatic amines is 1. The molecule has 0 unspecified atom stereocenters. The Hall–Kier alpha value is -3.32. The van der Waals surface area contributed by atoms with Gasteiger partial charge in [0.05, 0.1) is 17.5 Å². The van der Waals surface area contributed by atoms with Crippen LogP contribution in [0.5, 0.6) is 0 Å². The quantitative estimate of drug-likeness (QED) is 0.327. The summed E-state index contributed by atoms with van der Waals surface area (Å²) in [7, 11) is 0. The van der Waals surface area contributed by atoms with Crippen molar-refractivity contribution in [2.24, 2.45) is 0 Å². The molecule has 0 saturated heterocycles. The molecule has 29 heavy (non-hydrogen) atoms. The number of thioether (sulfide) groups is 1. The number of H-pyrrole nitrogens is 1. The molecule has 1 N–H and O–H groups in total. The van der Waals surface area contributed by atoms with Crippen molar-refractivity contribution in [3.8, 4) is 11.3 Å². The van der Waals surface area contributed by atoms with Gasteiger partial charge in [-0.15, -0.1) is 0 Å². The Morgan fingerprint density at radius 1 is 1.03 bits per heavy atom. The number of fused-ring (bicyclic) bond motifs is 2. The number of rotatable bonds is 4. The monoisotopic (exact) mass is 401 g/mol. The zero-order valence-electron chi connectivity index (χ0n) is 15.6. The van der Waals surface area contributed by atoms with Gasteiger partial charge in [0.25, 0.3) is 0 Å². The van der Waals surface area contributed by atoms with Crippen LogP contribution in [0, 0.1) is 12.7 Å². The lowest BCUT2D eigenvalue weighted by Gasteiger charge is -2.13. The minimum atomic E-state index is -0.287. The lowest BCUT2D eigenvalue weighted by Crippen LogP contribution is -1.96. The number of aromatic nitrogens is 5. The number of halogens is 1. The molecule has 0 amide bonds. The van der Waals surface area contributed by atoms with E-state index < -0.39 is 0 Å². The van der Waals surface area contributed by atoms with E-state index in [2.05, 4.69) is 45.1 Å². The maximum Gasteiger partial charge on any atom is 0.181 e. The summed E-state index contributed by atoms with van der Waals surface area (Å²) in [6.45, 7) is 2.06. The molecule has 0 aliphatic heterocycles. The van der Waals surface area contributed by atoms with E-state index in [0.29, 0.717) is 16.9 Å². The van der Waals surface area contributed by atoms with Crippen LogP contribution in [0.4, 0.5) is 4.39 Å². The molecular weight excluding hydrogens is 385 g/mol. The van der Waals surface area contributed by atoms with Gasteiger partial charge >= 0.3 is 0 Å². The van der Waals surface area contributed by atoms with Gasteiger partial charge in [0.1, 0.15) is 22.7 Å². The first-order valence-corrected chi connectivity index (χ1v) is 10.1. The number of imidazole rings is 1. The number of nitrogens with zero attached hydrogens (tertiary/aromatic N) is 4. The highest BCUT2D eigenvalue weighted by molar-refractivity contribution is 7.98. The first kappa shape index (κ1) is 17.8. The standard InChI is InChI=1S/C22H16FN5S/c1-13-4-2-3-5-17(13)19-15(8-14-6-7-16(23)9-18(14)28-19)10-29-22-20-21(25-11-24-20)26-12-27-22/h2-9,11-12H,10H2,1H3,(H,24,25,26,27). The van der Waals surface area contributed by atoms with Gasteiger partial charge in [-0.25, -0.2) is 24.3 Å². The summed E-state index contributed by atoms with van der Waals surface area (Å²) in [4.78, 5) is 20.7. The van der Waals surface area contributed by atoms with Crippen molar-refractivity contribution in [1.82, 2.24) is 24.9 Å². The number of aryl methyl sites for hydroxylation is 1. The third kappa shape index (κ3) is 3.34. The Balaban J connectivity index is 1.61. The van der Waals surface area contributed by atoms with Crippen molar-refractivity contribution in [1.29, 1.82) is 0 Å². The normalized spacial score (nSPS) is 11.4. The van der Waals surface area contributed by atoms with Crippen molar-refractivity contribution < 1.29 is 4.39 Å². The number of benzene rings is 2. The Labute approximate surface area is 170 Å². The minimum absolute atomic E-state index is 0.287. The first-order chi connectivity index (χ1) is 14.2. The molecule has 2 aromatic carbocycles. The molecule has 3 aromatic heterocycles. The van der Waals surface area contributed by atoms with Crippen molar-refractivity contribution in [2.45, 2.75) is 17.7 Å². The van der Waals surface area contributed by atoms with Crippen LogP contribution < -0.4 is 0 Å². The third-order valence-corrected chi connectivity index (χ3v) is 5.85. The van der Waals surface area contributed by atoms with Crippen LogP contribution in [0.15, 0.2) is 66.2 Å². The molecule has 0 spiro atoms. The Bertz CT molecular complexity index is 1350. The fourth-order valence-electron chi connectivity index (χ4n) is 3.36. The van der Waals surface area contributed by atoms with Gasteiger partial charge in [0.15, 0.2) is 5.65 Å². The predicted octanol–water partition coefficient (Wildman–Crippen LogP) is 5.31. The second-order valence-electron chi connectivity index (χ2n) is 6.72. The van der Waals surface area contributed by atoms with E-state index >= 15 is 0 Å². The Morgan fingerprint density at radius 2 is 1.93 bits per heavy atom. The zero-order valence-corrected chi connectivity index (χ0v) is 16.4. The second kappa shape index (κ2) is 7.25. The molecule has 7 heteroatoms. The van der Waals surface area contributed by atoms with Crippen LogP contribution in [-0.4, -0.2) is 24.9 Å². The number of pyridine rings is 1. The van der Waals surface area contributed by atoms with Crippen LogP contribution in [0.2, 0.25) is 0 Å². The summed E-state index contributed by atoms with van der Waals surface area (Å²) < 4.78 is 13.8. The largest absolute Gasteiger partial charge is 0.341 e. The topological polar surface area (TPSA) is 67.3 Å². The summed E-state index contributed by atoms with van der Waals surface area (Å²) >= 11 is 1.60. The summed E-state index contributed by atoms with van der Waals surface area (Å²) in [5.41, 5.74) is 6.22. The van der Waals surface area contributed by atoms with Gasteiger partial charge in [-0.1, -0.05) is 36.0 Å². The molecule has 5 rings (SSSR count). The molecule has 142 valence electrons. The Kier molecular flexibility index (Phi) is 4.44. The van der Waals surface area contributed by atoms with Crippen molar-refractivity contribution in [3.63, 3.8) is 0 Å². The van der Waals surface area contributed by atoms with E-state index in [1.807, 2.05) is 12.1 Å². The fourth-order valence-corrected chi connectivity index (χ4v) is 4.29. The van der Waals surface area contributed by atoms with E-state index in [1.165, 1.54) is 18.5 Å². The molecule has 0 saturated carbocycles. The van der Waals surface area contributed by atoms with Gasteiger partial charge in [-0.05, 0) is 36.2 Å². The average Bonchev–Trinajstić information content (AvgIpc) is 3.21. The van der Waals surface area contributed by atoms with Gasteiger partial charge in [-0.2, -0.15) is 0 Å². The van der Waals surface area contributed by atoms with E-state index in [0.717, 1.165) is 38.3 Å². The van der Waals surface area contributed by atoms with Gasteiger partial charge < -0.3 is 4.98 Å². The average molecular weight is 401 g/mol. The molecule has 0 radical (unpaired) electrons. The SMILES string of the molecule is Cc1ccccc1-c1nc2cc(F)ccc2cc1CSc1ncnc2nc[nH]c12. The third-order valence-electron chi connectivity index (χ3n) is 4.81. The zero-order chi connectivity index (χ0) is 19.8. The number of hydrogen-bond acceptors (Lipinski definition) is 5. The smallest absolute Gasteiger partial charge is 0.181 e. The summed E-state index contributed by atoms with van der Waals surface area (Å²) in [6, 6.07) is 14.9. The fraction of sp³-hybridized carbons (Fsp3) is 0.0909. The maximum atomic E-state index is 13.8. The summed E-state index contributed by atoms with van der Waals surface area (Å²) in [5.74, 6) is 0.375. The van der Waals surface area contributed by atoms with Gasteiger partial charge in [-0.3, -0.25) is 0 Å². The van der Waals surface area contributed by atoms with E-state index in [-0.39, 0.29) is 5.82 Å². The van der Waals surface area contributed by atoms with Crippen molar-refractivity contribution in [3.05, 3.63) is 78.1 Å². The van der Waals surface area contributed by atoms with E-state index in [1.54, 1.807) is 24.2 Å². The molecule has 0 aliphatic rings. The van der Waals surface area contributed by atoms with E-state index in [4.69, 9.17) is 4.98 Å². The molecule has 0 aliphatic carbocycles. The second-order valence-corrected chi connectivity index (χ2v) is 7.68. The molecule has 5 aromatic rings. The maximum absolute atomic E-state index is 13.8.